The maximum absolute atomic E-state index is 12.2. The Morgan fingerprint density at radius 2 is 1.83 bits per heavy atom. The van der Waals surface area contributed by atoms with Crippen molar-refractivity contribution in [2.75, 3.05) is 19.7 Å². The lowest BCUT2D eigenvalue weighted by molar-refractivity contribution is 0.115. The van der Waals surface area contributed by atoms with Crippen LogP contribution in [0.2, 0.25) is 0 Å². The van der Waals surface area contributed by atoms with Crippen LogP contribution in [0, 0.1) is 0 Å². The van der Waals surface area contributed by atoms with Gasteiger partial charge in [0.15, 0.2) is 0 Å². The summed E-state index contributed by atoms with van der Waals surface area (Å²) in [4.78, 5) is 14.8. The third-order valence-corrected chi connectivity index (χ3v) is 5.52. The summed E-state index contributed by atoms with van der Waals surface area (Å²) in [6.45, 7) is 6.15. The topological polar surface area (TPSA) is 64.6 Å². The summed E-state index contributed by atoms with van der Waals surface area (Å²) >= 11 is 0. The smallest absolute Gasteiger partial charge is 0.315 e. The van der Waals surface area contributed by atoms with E-state index in [2.05, 4.69) is 22.5 Å². The number of aliphatic hydroxyl groups excluding tert-OH is 1. The number of amides is 2. The second-order valence-corrected chi connectivity index (χ2v) is 7.67. The monoisotopic (exact) mass is 325 g/mol. The molecule has 0 aromatic heterocycles. The minimum atomic E-state index is -0.512. The van der Waals surface area contributed by atoms with Crippen LogP contribution < -0.4 is 10.6 Å². The van der Waals surface area contributed by atoms with Crippen LogP contribution in [0.15, 0.2) is 0 Å². The van der Waals surface area contributed by atoms with E-state index in [-0.39, 0.29) is 18.7 Å². The lowest BCUT2D eigenvalue weighted by Crippen LogP contribution is -2.56. The number of nitrogens with one attached hydrogen (secondary N) is 2. The van der Waals surface area contributed by atoms with Gasteiger partial charge in [0.05, 0.1) is 12.1 Å². The fourth-order valence-electron chi connectivity index (χ4n) is 4.08. The third kappa shape index (κ3) is 5.64. The summed E-state index contributed by atoms with van der Waals surface area (Å²) in [5, 5.41) is 15.6. The van der Waals surface area contributed by atoms with Gasteiger partial charge < -0.3 is 20.6 Å². The zero-order valence-corrected chi connectivity index (χ0v) is 14.9. The van der Waals surface area contributed by atoms with Crippen LogP contribution in [-0.4, -0.2) is 53.4 Å². The molecule has 5 nitrogen and oxygen atoms in total. The second-order valence-electron chi connectivity index (χ2n) is 7.67. The number of rotatable bonds is 6. The van der Waals surface area contributed by atoms with E-state index in [0.29, 0.717) is 0 Å². The Morgan fingerprint density at radius 3 is 2.39 bits per heavy atom. The third-order valence-electron chi connectivity index (χ3n) is 5.52. The van der Waals surface area contributed by atoms with E-state index in [4.69, 9.17) is 0 Å². The van der Waals surface area contributed by atoms with Gasteiger partial charge in [0, 0.05) is 25.2 Å². The van der Waals surface area contributed by atoms with Gasteiger partial charge in [0.1, 0.15) is 0 Å². The number of piperidine rings is 1. The summed E-state index contributed by atoms with van der Waals surface area (Å²) in [6, 6.07) is 0.909. The quantitative estimate of drug-likeness (QED) is 0.703. The Kier molecular flexibility index (Phi) is 7.15. The number of carbonyl (C=O) groups is 1. The Balaban J connectivity index is 1.72. The molecule has 1 aliphatic heterocycles. The molecule has 1 unspecified atom stereocenters. The van der Waals surface area contributed by atoms with E-state index >= 15 is 0 Å². The van der Waals surface area contributed by atoms with Gasteiger partial charge in [-0.1, -0.05) is 32.6 Å². The van der Waals surface area contributed by atoms with Crippen molar-refractivity contribution in [1.82, 2.24) is 15.5 Å². The van der Waals surface area contributed by atoms with E-state index in [1.807, 2.05) is 6.92 Å². The van der Waals surface area contributed by atoms with Gasteiger partial charge >= 0.3 is 6.03 Å². The Morgan fingerprint density at radius 1 is 1.17 bits per heavy atom. The first kappa shape index (κ1) is 18.5. The predicted octanol–water partition coefficient (Wildman–Crippen LogP) is 2.63. The zero-order valence-electron chi connectivity index (χ0n) is 14.9. The van der Waals surface area contributed by atoms with Crippen LogP contribution in [0.4, 0.5) is 4.79 Å². The molecule has 1 heterocycles. The van der Waals surface area contributed by atoms with Crippen molar-refractivity contribution in [3.63, 3.8) is 0 Å². The maximum Gasteiger partial charge on any atom is 0.315 e. The van der Waals surface area contributed by atoms with Gasteiger partial charge in [-0.3, -0.25) is 0 Å². The van der Waals surface area contributed by atoms with Crippen LogP contribution >= 0.6 is 0 Å². The molecule has 0 aromatic carbocycles. The largest absolute Gasteiger partial charge is 0.394 e. The van der Waals surface area contributed by atoms with Crippen LogP contribution in [0.25, 0.3) is 0 Å². The highest BCUT2D eigenvalue weighted by Crippen LogP contribution is 2.25. The number of nitrogens with zero attached hydrogens (tertiary/aromatic N) is 1. The first-order valence-corrected chi connectivity index (χ1v) is 9.50. The normalized spacial score (nSPS) is 24.1. The highest BCUT2D eigenvalue weighted by Gasteiger charge is 2.29. The number of hydrogen-bond donors (Lipinski definition) is 3. The number of hydrogen-bond acceptors (Lipinski definition) is 3. The Labute approximate surface area is 141 Å². The second kappa shape index (κ2) is 8.88. The molecule has 2 rings (SSSR count). The van der Waals surface area contributed by atoms with Crippen molar-refractivity contribution in [3.8, 4) is 0 Å². The van der Waals surface area contributed by atoms with Crippen molar-refractivity contribution in [3.05, 3.63) is 0 Å². The Bertz CT molecular complexity index is 363. The van der Waals surface area contributed by atoms with Gasteiger partial charge in [0.2, 0.25) is 0 Å². The maximum atomic E-state index is 12.2. The summed E-state index contributed by atoms with van der Waals surface area (Å²) in [7, 11) is 0. The summed E-state index contributed by atoms with van der Waals surface area (Å²) in [5.74, 6) is 0. The SMILES string of the molecule is CCCC(C)(CO)NC(=O)NC1CCN(C2CCCCC2)CC1. The van der Waals surface area contributed by atoms with E-state index in [9.17, 15) is 9.90 Å². The molecule has 0 bridgehead atoms. The van der Waals surface area contributed by atoms with E-state index in [1.54, 1.807) is 0 Å². The molecule has 2 amide bonds. The average molecular weight is 325 g/mol. The van der Waals surface area contributed by atoms with Crippen LogP contribution in [-0.2, 0) is 0 Å². The van der Waals surface area contributed by atoms with Crippen LogP contribution in [0.1, 0.15) is 71.6 Å². The number of likely N-dealkylation sites (tertiary alicyclic amines) is 1. The molecular weight excluding hydrogens is 290 g/mol. The molecule has 1 saturated carbocycles. The zero-order chi connectivity index (χ0) is 16.7. The molecule has 2 fully saturated rings. The molecule has 1 atom stereocenters. The highest BCUT2D eigenvalue weighted by molar-refractivity contribution is 5.75. The lowest BCUT2D eigenvalue weighted by Gasteiger charge is -2.39. The van der Waals surface area contributed by atoms with E-state index in [0.717, 1.165) is 44.8 Å². The molecule has 2 aliphatic rings. The molecular formula is C18H35N3O2. The van der Waals surface area contributed by atoms with E-state index in [1.165, 1.54) is 32.1 Å². The Hall–Kier alpha value is -0.810. The lowest BCUT2D eigenvalue weighted by atomic mass is 9.92. The minimum Gasteiger partial charge on any atom is -0.394 e. The van der Waals surface area contributed by atoms with Crippen LogP contribution in [0.3, 0.4) is 0 Å². The highest BCUT2D eigenvalue weighted by atomic mass is 16.3. The standard InChI is InChI=1S/C18H35N3O2/c1-3-11-18(2,14-22)20-17(23)19-15-9-12-21(13-10-15)16-7-5-4-6-8-16/h15-16,22H,3-14H2,1-2H3,(H2,19,20,23). The summed E-state index contributed by atoms with van der Waals surface area (Å²) < 4.78 is 0. The van der Waals surface area contributed by atoms with Gasteiger partial charge in [-0.15, -0.1) is 0 Å². The van der Waals surface area contributed by atoms with Gasteiger partial charge in [-0.2, -0.15) is 0 Å². The molecule has 0 aromatic rings. The summed E-state index contributed by atoms with van der Waals surface area (Å²) in [6.07, 6.45) is 10.7. The van der Waals surface area contributed by atoms with Crippen molar-refractivity contribution in [1.29, 1.82) is 0 Å². The molecule has 0 spiro atoms. The van der Waals surface area contributed by atoms with E-state index < -0.39 is 5.54 Å². The fourth-order valence-corrected chi connectivity index (χ4v) is 4.08. The molecule has 3 N–H and O–H groups in total. The number of urea groups is 1. The van der Waals surface area contributed by atoms with Gasteiger partial charge in [0.25, 0.3) is 0 Å². The molecule has 1 saturated heterocycles. The molecule has 5 heteroatoms. The van der Waals surface area contributed by atoms with Crippen molar-refractivity contribution in [2.45, 2.75) is 89.3 Å². The predicted molar refractivity (Wildman–Crippen MR) is 93.5 cm³/mol. The fraction of sp³-hybridized carbons (Fsp3) is 0.944. The van der Waals surface area contributed by atoms with Crippen molar-refractivity contribution < 1.29 is 9.90 Å². The van der Waals surface area contributed by atoms with Crippen LogP contribution in [0.5, 0.6) is 0 Å². The van der Waals surface area contributed by atoms with Crippen molar-refractivity contribution in [2.24, 2.45) is 0 Å². The molecule has 23 heavy (non-hydrogen) atoms. The first-order valence-electron chi connectivity index (χ1n) is 9.50. The van der Waals surface area contributed by atoms with Gasteiger partial charge in [-0.05, 0) is 39.0 Å². The molecule has 1 aliphatic carbocycles. The summed E-state index contributed by atoms with van der Waals surface area (Å²) in [5.41, 5.74) is -0.512. The number of carbonyl (C=O) groups excluding carboxylic acids is 1. The first-order chi connectivity index (χ1) is 11.1. The van der Waals surface area contributed by atoms with Crippen molar-refractivity contribution >= 4 is 6.03 Å². The minimum absolute atomic E-state index is 0.0195. The molecule has 0 radical (unpaired) electrons. The molecule has 134 valence electrons. The number of aliphatic hydroxyl groups is 1. The average Bonchev–Trinajstić information content (AvgIpc) is 2.56. The van der Waals surface area contributed by atoms with Gasteiger partial charge in [-0.25, -0.2) is 4.79 Å².